The number of ether oxygens (including phenoxy) is 1. The molecule has 1 saturated heterocycles. The number of nitrogens with zero attached hydrogens (tertiary/aromatic N) is 9. The van der Waals surface area contributed by atoms with E-state index in [1.807, 2.05) is 0 Å². The van der Waals surface area contributed by atoms with Crippen molar-refractivity contribution in [3.8, 4) is 0 Å². The van der Waals surface area contributed by atoms with E-state index < -0.39 is 153 Å². The molecule has 6 aromatic heterocycles. The van der Waals surface area contributed by atoms with Crippen LogP contribution in [0.15, 0.2) is 87.2 Å². The average molecular weight is 1170 g/mol. The Labute approximate surface area is 448 Å². The summed E-state index contributed by atoms with van der Waals surface area (Å²) < 4.78 is 220. The molecule has 0 radical (unpaired) electrons. The predicted octanol–water partition coefficient (Wildman–Crippen LogP) is 11.3. The molecule has 7 heterocycles. The summed E-state index contributed by atoms with van der Waals surface area (Å²) in [6.07, 6.45) is -26.9. The summed E-state index contributed by atoms with van der Waals surface area (Å²) in [7, 11) is 0. The number of rotatable bonds is 13. The number of H-pyrrole nitrogens is 3. The molecule has 82 heavy (non-hydrogen) atoms. The van der Waals surface area contributed by atoms with Crippen LogP contribution in [0.2, 0.25) is 0 Å². The zero-order valence-corrected chi connectivity index (χ0v) is 42.0. The normalized spacial score (nSPS) is 16.0. The van der Waals surface area contributed by atoms with Crippen LogP contribution in [0, 0.1) is 6.92 Å². The van der Waals surface area contributed by atoms with Crippen LogP contribution in [-0.2, 0) is 48.5 Å². The maximum absolute atomic E-state index is 15.0. The molecule has 432 valence electrons. The third kappa shape index (κ3) is 10.9. The van der Waals surface area contributed by atoms with Crippen molar-refractivity contribution in [2.75, 3.05) is 6.61 Å². The molecule has 1 fully saturated rings. The summed E-state index contributed by atoms with van der Waals surface area (Å²) >= 11 is 0. The molecule has 1 aliphatic heterocycles. The Morgan fingerprint density at radius 2 is 0.902 bits per heavy atom. The van der Waals surface area contributed by atoms with E-state index in [0.29, 0.717) is 58.6 Å². The van der Waals surface area contributed by atoms with Crippen molar-refractivity contribution in [2.24, 2.45) is 0 Å². The molecule has 1 aliphatic rings. The number of aryl methyl sites for hydroxylation is 3. The molecule has 0 spiro atoms. The fourth-order valence-electron chi connectivity index (χ4n) is 10.0. The molecule has 3 N–H and O–H groups in total. The monoisotopic (exact) mass is 1170 g/mol. The highest BCUT2D eigenvalue weighted by molar-refractivity contribution is 5.80. The Kier molecular flexibility index (Phi) is 14.3. The first-order chi connectivity index (χ1) is 38.4. The van der Waals surface area contributed by atoms with Crippen molar-refractivity contribution in [3.63, 3.8) is 0 Å². The van der Waals surface area contributed by atoms with Crippen LogP contribution in [-0.4, -0.2) is 65.9 Å². The molecule has 9 aromatic rings. The molecule has 3 aromatic carbocycles. The second kappa shape index (κ2) is 20.6. The number of benzene rings is 3. The predicted molar refractivity (Wildman–Crippen MR) is 258 cm³/mol. The van der Waals surface area contributed by atoms with Gasteiger partial charge >= 0.3 is 30.9 Å². The highest BCUT2D eigenvalue weighted by atomic mass is 19.4. The van der Waals surface area contributed by atoms with Gasteiger partial charge in [-0.2, -0.15) is 81.2 Å². The summed E-state index contributed by atoms with van der Waals surface area (Å²) in [6.45, 7) is 3.10. The van der Waals surface area contributed by atoms with Gasteiger partial charge in [0.2, 0.25) is 0 Å². The molecule has 0 aliphatic carbocycles. The number of aromatic amines is 3. The number of nitrogens with one attached hydrogen (secondary N) is 3. The minimum absolute atomic E-state index is 0.0559. The lowest BCUT2D eigenvalue weighted by Gasteiger charge is -2.21. The van der Waals surface area contributed by atoms with E-state index in [4.69, 9.17) is 4.74 Å². The SMILES string of the molecule is Cc1nc2c(c(C(F)(F)F)nn2C(CCc2nc3c(c(C(F)(F)F)nn3C(CCc3nc4c(c(C5CCCO5)nn4C(C)c4ccc(C(F)(F)F)cc4)c(=O)[nH]3)c3ccc(C(F)(F)F)cc3)c(=O)[nH]2)c2ccc(C(F)(F)F)cc2)c(=O)[nH]1. The van der Waals surface area contributed by atoms with E-state index in [9.17, 15) is 67.1 Å². The molecule has 16 nitrogen and oxygen atoms in total. The van der Waals surface area contributed by atoms with E-state index in [-0.39, 0.29) is 39.5 Å². The summed E-state index contributed by atoms with van der Waals surface area (Å²) in [5.41, 5.74) is -11.8. The lowest BCUT2D eigenvalue weighted by Crippen LogP contribution is -2.20. The van der Waals surface area contributed by atoms with Crippen molar-refractivity contribution in [1.29, 1.82) is 0 Å². The van der Waals surface area contributed by atoms with Gasteiger partial charge in [-0.25, -0.2) is 29.0 Å². The number of hydrogen-bond donors (Lipinski definition) is 3. The molecular weight excluding hydrogens is 1130 g/mol. The first-order valence-corrected chi connectivity index (χ1v) is 24.7. The van der Waals surface area contributed by atoms with Gasteiger partial charge in [-0.1, -0.05) is 36.4 Å². The smallest absolute Gasteiger partial charge is 0.372 e. The van der Waals surface area contributed by atoms with Gasteiger partial charge in [0.15, 0.2) is 28.3 Å². The minimum atomic E-state index is -5.42. The summed E-state index contributed by atoms with van der Waals surface area (Å²) in [5.74, 6) is -0.858. The maximum Gasteiger partial charge on any atom is 0.436 e. The van der Waals surface area contributed by atoms with E-state index in [1.165, 1.54) is 23.7 Å². The Balaban J connectivity index is 1.08. The Morgan fingerprint density at radius 3 is 1.30 bits per heavy atom. The quantitative estimate of drug-likeness (QED) is 0.0933. The third-order valence-corrected chi connectivity index (χ3v) is 13.9. The van der Waals surface area contributed by atoms with Crippen LogP contribution < -0.4 is 16.7 Å². The van der Waals surface area contributed by atoms with Crippen molar-refractivity contribution >= 4 is 33.1 Å². The molecule has 4 atom stereocenters. The fraction of sp³-hybridized carbons (Fsp3) is 0.353. The molecule has 31 heteroatoms. The van der Waals surface area contributed by atoms with Crippen LogP contribution >= 0.6 is 0 Å². The van der Waals surface area contributed by atoms with Crippen molar-refractivity contribution in [3.05, 3.63) is 172 Å². The second-order valence-electron chi connectivity index (χ2n) is 19.3. The number of fused-ring (bicyclic) bond motifs is 3. The van der Waals surface area contributed by atoms with E-state index in [1.54, 1.807) is 6.92 Å². The topological polar surface area (TPSA) is 200 Å². The largest absolute Gasteiger partial charge is 0.436 e. The molecule has 0 amide bonds. The molecule has 0 saturated carbocycles. The zero-order valence-electron chi connectivity index (χ0n) is 42.0. The highest BCUT2D eigenvalue weighted by Crippen LogP contribution is 2.40. The van der Waals surface area contributed by atoms with Gasteiger partial charge in [0.25, 0.3) is 16.7 Å². The van der Waals surface area contributed by atoms with E-state index in [2.05, 4.69) is 45.2 Å². The molecule has 4 unspecified atom stereocenters. The van der Waals surface area contributed by atoms with Gasteiger partial charge in [0.05, 0.1) is 34.8 Å². The third-order valence-electron chi connectivity index (χ3n) is 13.9. The van der Waals surface area contributed by atoms with Gasteiger partial charge < -0.3 is 19.7 Å². The summed E-state index contributed by atoms with van der Waals surface area (Å²) in [4.78, 5) is 61.1. The van der Waals surface area contributed by atoms with Crippen molar-refractivity contribution < 1.29 is 70.6 Å². The van der Waals surface area contributed by atoms with Crippen LogP contribution in [0.1, 0.15) is 125 Å². The van der Waals surface area contributed by atoms with Gasteiger partial charge in [0, 0.05) is 19.4 Å². The van der Waals surface area contributed by atoms with Crippen LogP contribution in [0.4, 0.5) is 65.9 Å². The number of halogens is 15. The Hall–Kier alpha value is -8.38. The van der Waals surface area contributed by atoms with Gasteiger partial charge in [0.1, 0.15) is 45.4 Å². The molecular formula is C51H39F15N12O4. The lowest BCUT2D eigenvalue weighted by molar-refractivity contribution is -0.141. The van der Waals surface area contributed by atoms with Gasteiger partial charge in [-0.05, 0) is 92.6 Å². The zero-order chi connectivity index (χ0) is 59.2. The van der Waals surface area contributed by atoms with Gasteiger partial charge in [-0.3, -0.25) is 14.4 Å². The highest BCUT2D eigenvalue weighted by Gasteiger charge is 2.42. The minimum Gasteiger partial charge on any atom is -0.372 e. The number of aromatic nitrogens is 12. The summed E-state index contributed by atoms with van der Waals surface area (Å²) in [6, 6.07) is 6.18. The summed E-state index contributed by atoms with van der Waals surface area (Å²) in [5, 5.41) is 9.80. The van der Waals surface area contributed by atoms with Gasteiger partial charge in [-0.15, -0.1) is 0 Å². The molecule has 0 bridgehead atoms. The molecule has 10 rings (SSSR count). The van der Waals surface area contributed by atoms with Crippen molar-refractivity contribution in [2.45, 2.75) is 107 Å². The average Bonchev–Trinajstić information content (AvgIpc) is 2.67. The second-order valence-corrected chi connectivity index (χ2v) is 19.3. The number of alkyl halides is 15. The Bertz CT molecular complexity index is 4050. The fourth-order valence-corrected chi connectivity index (χ4v) is 10.0. The first-order valence-electron chi connectivity index (χ1n) is 24.7. The van der Waals surface area contributed by atoms with Crippen LogP contribution in [0.5, 0.6) is 0 Å². The van der Waals surface area contributed by atoms with Crippen LogP contribution in [0.25, 0.3) is 33.1 Å². The maximum atomic E-state index is 15.0. The first kappa shape index (κ1) is 56.9. The van der Waals surface area contributed by atoms with E-state index >= 15 is 13.2 Å². The standard InChI is InChI=1S/C51H39F15N12O4/c1-22(24-5-11-27(12-6-24)47(52,53)54)76-41-35(38(73-76)32-4-3-21-82-32)44(79)71-33(69-41)19-18-31(26-9-15-29(16-10-26)49(58,59)60)78-43-37(40(75-78)51(64,65)66)46(81)72-34(70-43)20-17-30(25-7-13-28(14-8-25)48(55,56)57)77-42-36(39(74-77)50(61,62)63)45(80)68-23(2)67-42/h5-16,22,30-32H,3-4,17-21H2,1-2H3,(H,67,68,80)(H,69,71,79)(H,70,72,81). The number of hydrogen-bond acceptors (Lipinski definition) is 10. The van der Waals surface area contributed by atoms with Crippen LogP contribution in [0.3, 0.4) is 0 Å². The Morgan fingerprint density at radius 1 is 0.512 bits per heavy atom. The lowest BCUT2D eigenvalue weighted by atomic mass is 10.00. The van der Waals surface area contributed by atoms with Crippen molar-refractivity contribution in [1.82, 2.24) is 59.2 Å². The van der Waals surface area contributed by atoms with E-state index in [0.717, 1.165) is 36.4 Å².